The van der Waals surface area contributed by atoms with Gasteiger partial charge < -0.3 is 19.7 Å². The average Bonchev–Trinajstić information content (AvgIpc) is 3.13. The molecule has 166 valence electrons. The molecule has 32 heavy (non-hydrogen) atoms. The minimum absolute atomic E-state index is 0.0145. The van der Waals surface area contributed by atoms with Crippen LogP contribution in [0.1, 0.15) is 33.9 Å². The number of para-hydroxylation sites is 1. The van der Waals surface area contributed by atoms with Crippen LogP contribution in [0.5, 0.6) is 11.5 Å². The molecule has 0 aromatic heterocycles. The molecule has 8 heteroatoms. The van der Waals surface area contributed by atoms with Crippen LogP contribution in [0.3, 0.4) is 0 Å². The maximum atomic E-state index is 13.3. The number of carbonyl (C=O) groups is 2. The van der Waals surface area contributed by atoms with Gasteiger partial charge in [0.1, 0.15) is 0 Å². The Labute approximate surface area is 191 Å². The minimum atomic E-state index is -1.18. The van der Waals surface area contributed by atoms with Crippen LogP contribution in [0, 0.1) is 0 Å². The fraction of sp³-hybridized carbons (Fsp3) is 0.292. The standard InChI is InChI=1S/C24H24ClN3O4/c1-31-20-10-5-9-18(22(20)32-2)19(13-21(29)27-24(25)11-6-12-26-15-24)28-14-16-7-3-4-8-17(16)23(28)30/h3-11,15,19H,12-14H2,1-2H3,(H,27,29). The van der Waals surface area contributed by atoms with Gasteiger partial charge in [0.25, 0.3) is 5.91 Å². The molecule has 0 spiro atoms. The lowest BCUT2D eigenvalue weighted by Crippen LogP contribution is -2.46. The maximum Gasteiger partial charge on any atom is 0.255 e. The fourth-order valence-electron chi connectivity index (χ4n) is 4.12. The van der Waals surface area contributed by atoms with Gasteiger partial charge in [-0.15, -0.1) is 0 Å². The van der Waals surface area contributed by atoms with Gasteiger partial charge in [0, 0.05) is 23.9 Å². The number of methoxy groups -OCH3 is 2. The zero-order valence-electron chi connectivity index (χ0n) is 17.9. The number of nitrogens with one attached hydrogen (secondary N) is 1. The van der Waals surface area contributed by atoms with Crippen LogP contribution in [0.15, 0.2) is 59.6 Å². The van der Waals surface area contributed by atoms with Gasteiger partial charge in [-0.3, -0.25) is 14.6 Å². The second-order valence-electron chi connectivity index (χ2n) is 7.61. The number of halogens is 1. The summed E-state index contributed by atoms with van der Waals surface area (Å²) in [7, 11) is 3.09. The van der Waals surface area contributed by atoms with E-state index in [-0.39, 0.29) is 18.2 Å². The van der Waals surface area contributed by atoms with Crippen LogP contribution < -0.4 is 14.8 Å². The van der Waals surface area contributed by atoms with Crippen LogP contribution in [-0.4, -0.2) is 48.7 Å². The highest BCUT2D eigenvalue weighted by molar-refractivity contribution is 6.34. The molecule has 1 N–H and O–H groups in total. The summed E-state index contributed by atoms with van der Waals surface area (Å²) < 4.78 is 11.1. The van der Waals surface area contributed by atoms with Gasteiger partial charge in [-0.2, -0.15) is 0 Å². The zero-order chi connectivity index (χ0) is 22.7. The third-order valence-electron chi connectivity index (χ3n) is 5.58. The molecule has 2 aromatic rings. The molecule has 0 saturated heterocycles. The quantitative estimate of drug-likeness (QED) is 0.395. The highest BCUT2D eigenvalue weighted by Gasteiger charge is 2.37. The molecule has 7 nitrogen and oxygen atoms in total. The number of dihydropyridines is 1. The number of aliphatic imine (C=N–C) groups is 1. The Morgan fingerprint density at radius 3 is 2.72 bits per heavy atom. The number of rotatable bonds is 7. The van der Waals surface area contributed by atoms with Crippen molar-refractivity contribution in [2.24, 2.45) is 4.99 Å². The average molecular weight is 454 g/mol. The summed E-state index contributed by atoms with van der Waals surface area (Å²) in [6.45, 7) is 0.912. The van der Waals surface area contributed by atoms with Crippen molar-refractivity contribution in [2.45, 2.75) is 24.0 Å². The van der Waals surface area contributed by atoms with E-state index in [0.29, 0.717) is 35.7 Å². The Bertz CT molecular complexity index is 1090. The number of carbonyl (C=O) groups excluding carboxylic acids is 2. The van der Waals surface area contributed by atoms with Crippen molar-refractivity contribution in [1.82, 2.24) is 10.2 Å². The number of benzene rings is 2. The van der Waals surface area contributed by atoms with Gasteiger partial charge in [-0.05, 0) is 23.8 Å². The Hall–Kier alpha value is -3.32. The lowest BCUT2D eigenvalue weighted by Gasteiger charge is -2.31. The second-order valence-corrected chi connectivity index (χ2v) is 8.23. The Balaban J connectivity index is 1.69. The summed E-state index contributed by atoms with van der Waals surface area (Å²) in [6.07, 6.45) is 4.97. The first-order valence-electron chi connectivity index (χ1n) is 10.2. The number of fused-ring (bicyclic) bond motifs is 1. The number of nitrogens with zero attached hydrogens (tertiary/aromatic N) is 2. The van der Waals surface area contributed by atoms with E-state index in [9.17, 15) is 9.59 Å². The van der Waals surface area contributed by atoms with Crippen molar-refractivity contribution in [3.63, 3.8) is 0 Å². The summed E-state index contributed by atoms with van der Waals surface area (Å²) >= 11 is 6.47. The molecular weight excluding hydrogens is 430 g/mol. The molecule has 0 saturated carbocycles. The van der Waals surface area contributed by atoms with Crippen molar-refractivity contribution >= 4 is 29.6 Å². The zero-order valence-corrected chi connectivity index (χ0v) is 18.6. The van der Waals surface area contributed by atoms with E-state index in [2.05, 4.69) is 10.3 Å². The molecule has 4 rings (SSSR count). The van der Waals surface area contributed by atoms with Crippen molar-refractivity contribution in [1.29, 1.82) is 0 Å². The predicted octanol–water partition coefficient (Wildman–Crippen LogP) is 3.48. The number of ether oxygens (including phenoxy) is 2. The molecule has 0 fully saturated rings. The van der Waals surface area contributed by atoms with Crippen molar-refractivity contribution in [2.75, 3.05) is 20.8 Å². The highest BCUT2D eigenvalue weighted by atomic mass is 35.5. The largest absolute Gasteiger partial charge is 0.493 e. The van der Waals surface area contributed by atoms with E-state index in [1.807, 2.05) is 30.3 Å². The van der Waals surface area contributed by atoms with Gasteiger partial charge in [0.15, 0.2) is 16.5 Å². The third-order valence-corrected chi connectivity index (χ3v) is 5.90. The number of amides is 2. The van der Waals surface area contributed by atoms with E-state index in [1.54, 1.807) is 36.3 Å². The van der Waals surface area contributed by atoms with Crippen LogP contribution >= 0.6 is 11.6 Å². The van der Waals surface area contributed by atoms with E-state index in [1.165, 1.54) is 13.3 Å². The summed E-state index contributed by atoms with van der Waals surface area (Å²) in [5.74, 6) is 0.548. The minimum Gasteiger partial charge on any atom is -0.493 e. The number of alkyl halides is 1. The van der Waals surface area contributed by atoms with Gasteiger partial charge in [-0.1, -0.05) is 48.0 Å². The summed E-state index contributed by atoms with van der Waals surface area (Å²) in [4.78, 5) is 31.0. The summed E-state index contributed by atoms with van der Waals surface area (Å²) in [6, 6.07) is 12.3. The lowest BCUT2D eigenvalue weighted by atomic mass is 9.99. The lowest BCUT2D eigenvalue weighted by molar-refractivity contribution is -0.122. The normalized spacial score (nSPS) is 20.1. The first-order chi connectivity index (χ1) is 15.5. The van der Waals surface area contributed by atoms with Crippen molar-refractivity contribution in [3.8, 4) is 11.5 Å². The molecule has 2 aliphatic heterocycles. The van der Waals surface area contributed by atoms with Gasteiger partial charge in [0.05, 0.1) is 33.2 Å². The van der Waals surface area contributed by atoms with E-state index < -0.39 is 11.0 Å². The molecule has 2 unspecified atom stereocenters. The van der Waals surface area contributed by atoms with Crippen molar-refractivity contribution < 1.29 is 19.1 Å². The van der Waals surface area contributed by atoms with Crippen molar-refractivity contribution in [3.05, 3.63) is 71.3 Å². The van der Waals surface area contributed by atoms with Crippen LogP contribution in [-0.2, 0) is 11.3 Å². The maximum absolute atomic E-state index is 13.3. The molecule has 2 atom stereocenters. The Kier molecular flexibility index (Phi) is 6.19. The fourth-order valence-corrected chi connectivity index (χ4v) is 4.38. The molecule has 0 bridgehead atoms. The number of hydrogen-bond acceptors (Lipinski definition) is 5. The number of hydrogen-bond donors (Lipinski definition) is 1. The molecule has 2 heterocycles. The predicted molar refractivity (Wildman–Crippen MR) is 122 cm³/mol. The van der Waals surface area contributed by atoms with Crippen LogP contribution in [0.25, 0.3) is 0 Å². The Morgan fingerprint density at radius 1 is 1.22 bits per heavy atom. The second kappa shape index (κ2) is 9.04. The van der Waals surface area contributed by atoms with Gasteiger partial charge >= 0.3 is 0 Å². The van der Waals surface area contributed by atoms with Crippen LogP contribution in [0.2, 0.25) is 0 Å². The molecule has 0 aliphatic carbocycles. The van der Waals surface area contributed by atoms with Gasteiger partial charge in [-0.25, -0.2) is 0 Å². The first-order valence-corrected chi connectivity index (χ1v) is 10.6. The third kappa shape index (κ3) is 4.21. The van der Waals surface area contributed by atoms with E-state index in [4.69, 9.17) is 21.1 Å². The summed E-state index contributed by atoms with van der Waals surface area (Å²) in [5, 5.41) is 2.80. The molecule has 2 aromatic carbocycles. The molecular formula is C24H24ClN3O4. The Morgan fingerprint density at radius 2 is 2.03 bits per heavy atom. The van der Waals surface area contributed by atoms with Gasteiger partial charge in [0.2, 0.25) is 5.91 Å². The molecule has 0 radical (unpaired) electrons. The van der Waals surface area contributed by atoms with E-state index in [0.717, 1.165) is 5.56 Å². The summed E-state index contributed by atoms with van der Waals surface area (Å²) in [5.41, 5.74) is 2.23. The first kappa shape index (κ1) is 21.9. The molecule has 2 aliphatic rings. The monoisotopic (exact) mass is 453 g/mol. The van der Waals surface area contributed by atoms with E-state index >= 15 is 0 Å². The highest BCUT2D eigenvalue weighted by Crippen LogP contribution is 2.41. The SMILES string of the molecule is COc1cccc(C(CC(=O)NC2(Cl)C=CCN=C2)N2Cc3ccccc3C2=O)c1OC. The molecule has 2 amide bonds. The topological polar surface area (TPSA) is 80.2 Å². The smallest absolute Gasteiger partial charge is 0.255 e. The van der Waals surface area contributed by atoms with Crippen LogP contribution in [0.4, 0.5) is 0 Å².